The Morgan fingerprint density at radius 3 is 2.62 bits per heavy atom. The number of phenolic OH excluding ortho intramolecular Hbond substituents is 1. The molecule has 0 unspecified atom stereocenters. The van der Waals surface area contributed by atoms with Gasteiger partial charge in [-0.1, -0.05) is 0 Å². The van der Waals surface area contributed by atoms with Crippen molar-refractivity contribution in [1.29, 1.82) is 0 Å². The third-order valence-electron chi connectivity index (χ3n) is 2.38. The first-order valence-electron chi connectivity index (χ1n) is 5.24. The van der Waals surface area contributed by atoms with Crippen molar-refractivity contribution >= 4 is 0 Å². The van der Waals surface area contributed by atoms with Crippen LogP contribution in [0.15, 0.2) is 12.1 Å². The number of methoxy groups -OCH3 is 1. The first-order valence-corrected chi connectivity index (χ1v) is 5.24. The second-order valence-electron chi connectivity index (χ2n) is 4.04. The molecule has 1 N–H and O–H groups in total. The average Bonchev–Trinajstić information content (AvgIpc) is 2.22. The number of hydrogen-bond donors (Lipinski definition) is 1. The topological polar surface area (TPSA) is 32.7 Å². The lowest BCUT2D eigenvalue weighted by Crippen LogP contribution is -2.13. The van der Waals surface area contributed by atoms with Gasteiger partial charge in [-0.05, 0) is 51.2 Å². The highest BCUT2D eigenvalue weighted by Gasteiger charge is 2.09. The zero-order valence-electron chi connectivity index (χ0n) is 9.96. The van der Waals surface area contributed by atoms with Crippen molar-refractivity contribution in [2.24, 2.45) is 0 Å². The van der Waals surface area contributed by atoms with E-state index in [1.165, 1.54) is 13.2 Å². The highest BCUT2D eigenvalue weighted by Crippen LogP contribution is 2.30. The molecule has 1 aromatic rings. The van der Waals surface area contributed by atoms with Crippen LogP contribution in [0.5, 0.6) is 11.5 Å². The molecular formula is C12H18FNO2. The molecular weight excluding hydrogens is 209 g/mol. The van der Waals surface area contributed by atoms with Gasteiger partial charge in [0.15, 0.2) is 17.3 Å². The van der Waals surface area contributed by atoms with Gasteiger partial charge in [-0.2, -0.15) is 0 Å². The van der Waals surface area contributed by atoms with E-state index in [0.717, 1.165) is 24.9 Å². The van der Waals surface area contributed by atoms with Crippen molar-refractivity contribution in [1.82, 2.24) is 4.90 Å². The second kappa shape index (κ2) is 5.70. The first-order chi connectivity index (χ1) is 7.54. The molecule has 0 heterocycles. The molecule has 0 fully saturated rings. The molecule has 0 aliphatic heterocycles. The smallest absolute Gasteiger partial charge is 0.194 e. The summed E-state index contributed by atoms with van der Waals surface area (Å²) in [4.78, 5) is 2.08. The maximum atomic E-state index is 13.3. The summed E-state index contributed by atoms with van der Waals surface area (Å²) < 4.78 is 18.2. The molecule has 0 bridgehead atoms. The van der Waals surface area contributed by atoms with Crippen LogP contribution >= 0.6 is 0 Å². The van der Waals surface area contributed by atoms with Gasteiger partial charge in [0, 0.05) is 0 Å². The van der Waals surface area contributed by atoms with Crippen LogP contribution in [0.4, 0.5) is 4.39 Å². The Morgan fingerprint density at radius 1 is 1.38 bits per heavy atom. The Morgan fingerprint density at radius 2 is 2.06 bits per heavy atom. The monoisotopic (exact) mass is 227 g/mol. The number of phenols is 1. The Labute approximate surface area is 95.5 Å². The van der Waals surface area contributed by atoms with Crippen molar-refractivity contribution in [3.8, 4) is 11.5 Å². The molecule has 0 radical (unpaired) electrons. The summed E-state index contributed by atoms with van der Waals surface area (Å²) in [5.41, 5.74) is 0.842. The normalized spacial score (nSPS) is 10.8. The van der Waals surface area contributed by atoms with Crippen molar-refractivity contribution in [2.45, 2.75) is 12.8 Å². The van der Waals surface area contributed by atoms with Gasteiger partial charge in [0.05, 0.1) is 7.11 Å². The predicted molar refractivity (Wildman–Crippen MR) is 61.5 cm³/mol. The van der Waals surface area contributed by atoms with Crippen molar-refractivity contribution < 1.29 is 14.2 Å². The lowest BCUT2D eigenvalue weighted by molar-refractivity contribution is 0.355. The maximum Gasteiger partial charge on any atom is 0.194 e. The molecule has 0 amide bonds. The van der Waals surface area contributed by atoms with Crippen LogP contribution in [-0.2, 0) is 6.42 Å². The number of rotatable bonds is 5. The van der Waals surface area contributed by atoms with Crippen LogP contribution in [-0.4, -0.2) is 37.8 Å². The fourth-order valence-corrected chi connectivity index (χ4v) is 1.53. The standard InChI is InChI=1S/C12H18FNO2/c1-14(2)6-4-5-9-7-10(13)12(15)11(8-9)16-3/h7-8,15H,4-6H2,1-3H3. The summed E-state index contributed by atoms with van der Waals surface area (Å²) in [7, 11) is 5.41. The summed E-state index contributed by atoms with van der Waals surface area (Å²) in [5, 5.41) is 9.33. The lowest BCUT2D eigenvalue weighted by atomic mass is 10.1. The highest BCUT2D eigenvalue weighted by atomic mass is 19.1. The molecule has 0 atom stereocenters. The van der Waals surface area contributed by atoms with E-state index in [1.807, 2.05) is 14.1 Å². The number of nitrogens with zero attached hydrogens (tertiary/aromatic N) is 1. The SMILES string of the molecule is COc1cc(CCCN(C)C)cc(F)c1O. The van der Waals surface area contributed by atoms with E-state index in [0.29, 0.717) is 0 Å². The van der Waals surface area contributed by atoms with Crippen LogP contribution in [0, 0.1) is 5.82 Å². The number of aromatic hydroxyl groups is 1. The molecule has 4 heteroatoms. The highest BCUT2D eigenvalue weighted by molar-refractivity contribution is 5.43. The minimum Gasteiger partial charge on any atom is -0.502 e. The van der Waals surface area contributed by atoms with Crippen molar-refractivity contribution in [3.05, 3.63) is 23.5 Å². The summed E-state index contributed by atoms with van der Waals surface area (Å²) in [6.45, 7) is 0.949. The molecule has 0 saturated heterocycles. The number of hydrogen-bond acceptors (Lipinski definition) is 3. The van der Waals surface area contributed by atoms with E-state index < -0.39 is 11.6 Å². The zero-order valence-corrected chi connectivity index (χ0v) is 9.96. The molecule has 0 aliphatic rings. The third-order valence-corrected chi connectivity index (χ3v) is 2.38. The Kier molecular flexibility index (Phi) is 4.55. The number of aryl methyl sites for hydroxylation is 1. The van der Waals surface area contributed by atoms with E-state index >= 15 is 0 Å². The molecule has 0 aromatic heterocycles. The van der Waals surface area contributed by atoms with Gasteiger partial charge in [0.2, 0.25) is 0 Å². The summed E-state index contributed by atoms with van der Waals surface area (Å²) in [6, 6.07) is 3.03. The van der Waals surface area contributed by atoms with Gasteiger partial charge in [-0.25, -0.2) is 4.39 Å². The predicted octanol–water partition coefficient (Wildman–Crippen LogP) is 2.03. The number of ether oxygens (including phenoxy) is 1. The van der Waals surface area contributed by atoms with E-state index in [-0.39, 0.29) is 5.75 Å². The van der Waals surface area contributed by atoms with Gasteiger partial charge in [-0.15, -0.1) is 0 Å². The van der Waals surface area contributed by atoms with Crippen molar-refractivity contribution in [3.63, 3.8) is 0 Å². The quantitative estimate of drug-likeness (QED) is 0.835. The van der Waals surface area contributed by atoms with E-state index in [9.17, 15) is 9.50 Å². The molecule has 0 saturated carbocycles. The van der Waals surface area contributed by atoms with E-state index in [4.69, 9.17) is 4.74 Å². The minimum atomic E-state index is -0.626. The minimum absolute atomic E-state index is 0.194. The fourth-order valence-electron chi connectivity index (χ4n) is 1.53. The Bertz CT molecular complexity index is 353. The van der Waals surface area contributed by atoms with Crippen LogP contribution in [0.3, 0.4) is 0 Å². The molecule has 1 aromatic carbocycles. The Balaban J connectivity index is 2.70. The molecule has 3 nitrogen and oxygen atoms in total. The maximum absolute atomic E-state index is 13.3. The lowest BCUT2D eigenvalue weighted by Gasteiger charge is -2.10. The van der Waals surface area contributed by atoms with Gasteiger partial charge < -0.3 is 14.7 Å². The molecule has 90 valence electrons. The fraction of sp³-hybridized carbons (Fsp3) is 0.500. The summed E-state index contributed by atoms with van der Waals surface area (Å²) in [6.07, 6.45) is 1.71. The van der Waals surface area contributed by atoms with Gasteiger partial charge in [0.1, 0.15) is 0 Å². The van der Waals surface area contributed by atoms with Crippen LogP contribution in [0.25, 0.3) is 0 Å². The van der Waals surface area contributed by atoms with Gasteiger partial charge in [-0.3, -0.25) is 0 Å². The summed E-state index contributed by atoms with van der Waals surface area (Å²) in [5.74, 6) is -0.849. The van der Waals surface area contributed by atoms with E-state index in [2.05, 4.69) is 4.90 Å². The van der Waals surface area contributed by atoms with E-state index in [1.54, 1.807) is 6.07 Å². The van der Waals surface area contributed by atoms with Crippen LogP contribution < -0.4 is 4.74 Å². The largest absolute Gasteiger partial charge is 0.502 e. The van der Waals surface area contributed by atoms with Gasteiger partial charge >= 0.3 is 0 Å². The Hall–Kier alpha value is -1.29. The van der Waals surface area contributed by atoms with Gasteiger partial charge in [0.25, 0.3) is 0 Å². The third kappa shape index (κ3) is 3.38. The first kappa shape index (κ1) is 12.8. The number of halogens is 1. The van der Waals surface area contributed by atoms with Crippen molar-refractivity contribution in [2.75, 3.05) is 27.7 Å². The average molecular weight is 227 g/mol. The molecule has 0 aliphatic carbocycles. The van der Waals surface area contributed by atoms with Crippen LogP contribution in [0.1, 0.15) is 12.0 Å². The van der Waals surface area contributed by atoms with Crippen LogP contribution in [0.2, 0.25) is 0 Å². The second-order valence-corrected chi connectivity index (χ2v) is 4.04. The molecule has 0 spiro atoms. The molecule has 1 rings (SSSR count). The molecule has 16 heavy (non-hydrogen) atoms. The zero-order chi connectivity index (χ0) is 12.1. The number of benzene rings is 1. The summed E-state index contributed by atoms with van der Waals surface area (Å²) >= 11 is 0.